The van der Waals surface area contributed by atoms with Crippen molar-refractivity contribution in [3.63, 3.8) is 0 Å². The van der Waals surface area contributed by atoms with Gasteiger partial charge in [-0.1, -0.05) is 67.1 Å². The lowest BCUT2D eigenvalue weighted by Gasteiger charge is -2.16. The van der Waals surface area contributed by atoms with Crippen LogP contribution >= 0.6 is 23.5 Å². The van der Waals surface area contributed by atoms with Crippen LogP contribution in [-0.2, 0) is 16.3 Å². The van der Waals surface area contributed by atoms with E-state index in [0.717, 1.165) is 30.8 Å². The zero-order chi connectivity index (χ0) is 17.0. The molecule has 0 heterocycles. The number of rotatable bonds is 11. The van der Waals surface area contributed by atoms with Gasteiger partial charge < -0.3 is 5.11 Å². The first-order valence-corrected chi connectivity index (χ1v) is 10.4. The van der Waals surface area contributed by atoms with Gasteiger partial charge in [0.15, 0.2) is 0 Å². The molecule has 2 nitrogen and oxygen atoms in total. The Bertz CT molecular complexity index is 544. The molecule has 0 bridgehead atoms. The SMILES string of the molecule is O=C(O)CCCCC(SCc1ccccc1)SCc1ccccc1. The molecule has 0 spiro atoms. The highest BCUT2D eigenvalue weighted by Crippen LogP contribution is 2.33. The molecule has 0 unspecified atom stereocenters. The van der Waals surface area contributed by atoms with Gasteiger partial charge in [0.05, 0.1) is 4.58 Å². The van der Waals surface area contributed by atoms with E-state index >= 15 is 0 Å². The lowest BCUT2D eigenvalue weighted by molar-refractivity contribution is -0.137. The summed E-state index contributed by atoms with van der Waals surface area (Å²) >= 11 is 3.94. The van der Waals surface area contributed by atoms with E-state index in [-0.39, 0.29) is 6.42 Å². The molecule has 0 amide bonds. The molecule has 0 aliphatic carbocycles. The fourth-order valence-corrected chi connectivity index (χ4v) is 4.93. The summed E-state index contributed by atoms with van der Waals surface area (Å²) in [5.41, 5.74) is 2.69. The van der Waals surface area contributed by atoms with Crippen LogP contribution < -0.4 is 0 Å². The second-order valence-corrected chi connectivity index (χ2v) is 8.34. The number of aliphatic carboxylic acids is 1. The zero-order valence-electron chi connectivity index (χ0n) is 13.8. The first-order chi connectivity index (χ1) is 11.7. The summed E-state index contributed by atoms with van der Waals surface area (Å²) in [4.78, 5) is 10.7. The summed E-state index contributed by atoms with van der Waals surface area (Å²) in [6, 6.07) is 21.1. The van der Waals surface area contributed by atoms with Crippen molar-refractivity contribution in [2.75, 3.05) is 0 Å². The van der Waals surface area contributed by atoms with Crippen molar-refractivity contribution in [2.24, 2.45) is 0 Å². The zero-order valence-corrected chi connectivity index (χ0v) is 15.4. The Morgan fingerprint density at radius 1 is 0.833 bits per heavy atom. The van der Waals surface area contributed by atoms with Crippen LogP contribution in [0.1, 0.15) is 36.8 Å². The summed E-state index contributed by atoms with van der Waals surface area (Å²) in [7, 11) is 0. The van der Waals surface area contributed by atoms with Crippen LogP contribution in [-0.4, -0.2) is 15.7 Å². The molecule has 0 atom stereocenters. The summed E-state index contributed by atoms with van der Waals surface area (Å²) in [6.07, 6.45) is 3.08. The first-order valence-electron chi connectivity index (χ1n) is 8.27. The van der Waals surface area contributed by atoms with Gasteiger partial charge in [0.2, 0.25) is 0 Å². The Morgan fingerprint density at radius 2 is 1.33 bits per heavy atom. The summed E-state index contributed by atoms with van der Waals surface area (Å²) in [5.74, 6) is 1.32. The molecule has 4 heteroatoms. The minimum atomic E-state index is -0.694. The predicted molar refractivity (Wildman–Crippen MR) is 105 cm³/mol. The lowest BCUT2D eigenvalue weighted by atomic mass is 10.2. The summed E-state index contributed by atoms with van der Waals surface area (Å²) < 4.78 is 0.499. The fraction of sp³-hybridized carbons (Fsp3) is 0.350. The molecule has 0 aliphatic rings. The molecule has 2 aromatic rings. The van der Waals surface area contributed by atoms with Crippen LogP contribution in [0.4, 0.5) is 0 Å². The van der Waals surface area contributed by atoms with E-state index in [1.165, 1.54) is 11.1 Å². The molecule has 0 saturated heterocycles. The minimum Gasteiger partial charge on any atom is -0.481 e. The van der Waals surface area contributed by atoms with Crippen LogP contribution in [0.3, 0.4) is 0 Å². The summed E-state index contributed by atoms with van der Waals surface area (Å²) in [6.45, 7) is 0. The second kappa shape index (κ2) is 11.2. The average molecular weight is 361 g/mol. The Balaban J connectivity index is 1.81. The monoisotopic (exact) mass is 360 g/mol. The van der Waals surface area contributed by atoms with Crippen molar-refractivity contribution >= 4 is 29.5 Å². The highest BCUT2D eigenvalue weighted by atomic mass is 32.2. The van der Waals surface area contributed by atoms with E-state index in [0.29, 0.717) is 4.58 Å². The third kappa shape index (κ3) is 7.93. The van der Waals surface area contributed by atoms with Gasteiger partial charge in [0.25, 0.3) is 0 Å². The van der Waals surface area contributed by atoms with E-state index in [4.69, 9.17) is 5.11 Å². The van der Waals surface area contributed by atoms with Gasteiger partial charge in [0, 0.05) is 17.9 Å². The van der Waals surface area contributed by atoms with Crippen LogP contribution in [0, 0.1) is 0 Å². The number of benzene rings is 2. The quantitative estimate of drug-likeness (QED) is 0.404. The number of carbonyl (C=O) groups is 1. The maximum absolute atomic E-state index is 10.7. The summed E-state index contributed by atoms with van der Waals surface area (Å²) in [5, 5.41) is 8.77. The molecule has 0 aromatic heterocycles. The average Bonchev–Trinajstić information content (AvgIpc) is 2.62. The number of thioether (sulfide) groups is 2. The number of unbranched alkanes of at least 4 members (excludes halogenated alkanes) is 1. The molecule has 0 saturated carbocycles. The maximum atomic E-state index is 10.7. The second-order valence-electron chi connectivity index (χ2n) is 5.66. The largest absolute Gasteiger partial charge is 0.481 e. The van der Waals surface area contributed by atoms with Crippen LogP contribution in [0.2, 0.25) is 0 Å². The van der Waals surface area contributed by atoms with Crippen molar-refractivity contribution in [3.8, 4) is 0 Å². The third-order valence-electron chi connectivity index (χ3n) is 3.64. The van der Waals surface area contributed by atoms with Crippen LogP contribution in [0.5, 0.6) is 0 Å². The Morgan fingerprint density at radius 3 is 1.79 bits per heavy atom. The highest BCUT2D eigenvalue weighted by Gasteiger charge is 2.11. The molecule has 0 fully saturated rings. The third-order valence-corrected chi connectivity index (χ3v) is 6.67. The van der Waals surface area contributed by atoms with Gasteiger partial charge in [-0.15, -0.1) is 23.5 Å². The Hall–Kier alpha value is -1.39. The van der Waals surface area contributed by atoms with E-state index in [1.54, 1.807) is 0 Å². The number of hydrogen-bond acceptors (Lipinski definition) is 3. The smallest absolute Gasteiger partial charge is 0.303 e. The molecule has 1 N–H and O–H groups in total. The molecule has 24 heavy (non-hydrogen) atoms. The highest BCUT2D eigenvalue weighted by molar-refractivity contribution is 8.16. The van der Waals surface area contributed by atoms with Gasteiger partial charge in [-0.3, -0.25) is 4.79 Å². The fourth-order valence-electron chi connectivity index (χ4n) is 2.33. The number of hydrogen-bond donors (Lipinski definition) is 1. The van der Waals surface area contributed by atoms with E-state index in [9.17, 15) is 4.79 Å². The van der Waals surface area contributed by atoms with Crippen molar-refractivity contribution in [2.45, 2.75) is 41.8 Å². The maximum Gasteiger partial charge on any atom is 0.303 e. The normalized spacial score (nSPS) is 10.9. The Kier molecular flexibility index (Phi) is 8.85. The van der Waals surface area contributed by atoms with Crippen molar-refractivity contribution in [1.29, 1.82) is 0 Å². The molecular weight excluding hydrogens is 336 g/mol. The van der Waals surface area contributed by atoms with Gasteiger partial charge in [-0.25, -0.2) is 0 Å². The van der Waals surface area contributed by atoms with E-state index < -0.39 is 5.97 Å². The molecule has 2 rings (SSSR count). The van der Waals surface area contributed by atoms with Crippen molar-refractivity contribution < 1.29 is 9.90 Å². The standard InChI is InChI=1S/C20H24O2S2/c21-19(22)13-7-8-14-20(23-15-17-9-3-1-4-10-17)24-16-18-11-5-2-6-12-18/h1-6,9-12,20H,7-8,13-16H2,(H,21,22). The first kappa shape index (κ1) is 18.9. The lowest BCUT2D eigenvalue weighted by Crippen LogP contribution is -2.01. The van der Waals surface area contributed by atoms with E-state index in [1.807, 2.05) is 35.7 Å². The topological polar surface area (TPSA) is 37.3 Å². The molecular formula is C20H24O2S2. The van der Waals surface area contributed by atoms with E-state index in [2.05, 4.69) is 48.5 Å². The van der Waals surface area contributed by atoms with Crippen molar-refractivity contribution in [1.82, 2.24) is 0 Å². The number of carboxylic acids is 1. The van der Waals surface area contributed by atoms with Gasteiger partial charge >= 0.3 is 5.97 Å². The van der Waals surface area contributed by atoms with Crippen LogP contribution in [0.15, 0.2) is 60.7 Å². The Labute approximate surface area is 153 Å². The van der Waals surface area contributed by atoms with Gasteiger partial charge in [0.1, 0.15) is 0 Å². The van der Waals surface area contributed by atoms with Crippen molar-refractivity contribution in [3.05, 3.63) is 71.8 Å². The number of carboxylic acid groups (broad SMARTS) is 1. The molecule has 0 aliphatic heterocycles. The van der Waals surface area contributed by atoms with Gasteiger partial charge in [-0.05, 0) is 24.0 Å². The predicted octanol–water partition coefficient (Wildman–Crippen LogP) is 5.82. The minimum absolute atomic E-state index is 0.277. The molecule has 0 radical (unpaired) electrons. The molecule has 128 valence electrons. The van der Waals surface area contributed by atoms with Gasteiger partial charge in [-0.2, -0.15) is 0 Å². The molecule has 2 aromatic carbocycles. The van der Waals surface area contributed by atoms with Crippen LogP contribution in [0.25, 0.3) is 0 Å².